The number of thioether (sulfide) groups is 1. The molecule has 1 nitrogen and oxygen atoms in total. The van der Waals surface area contributed by atoms with Gasteiger partial charge in [0.05, 0.1) is 0 Å². The van der Waals surface area contributed by atoms with E-state index in [9.17, 15) is 4.39 Å². The third-order valence-corrected chi connectivity index (χ3v) is 4.00. The van der Waals surface area contributed by atoms with Crippen LogP contribution in [0.25, 0.3) is 0 Å². The van der Waals surface area contributed by atoms with Crippen molar-refractivity contribution < 1.29 is 4.39 Å². The number of benzene rings is 2. The quantitative estimate of drug-likeness (QED) is 0.785. The van der Waals surface area contributed by atoms with Gasteiger partial charge in [-0.2, -0.15) is 0 Å². The van der Waals surface area contributed by atoms with Crippen LogP contribution in [0.15, 0.2) is 47.4 Å². The van der Waals surface area contributed by atoms with Gasteiger partial charge in [-0.25, -0.2) is 4.39 Å². The van der Waals surface area contributed by atoms with Crippen molar-refractivity contribution in [2.24, 2.45) is 0 Å². The zero-order valence-electron chi connectivity index (χ0n) is 11.4. The highest BCUT2D eigenvalue weighted by Gasteiger charge is 2.08. The van der Waals surface area contributed by atoms with E-state index in [4.69, 9.17) is 0 Å². The summed E-state index contributed by atoms with van der Waals surface area (Å²) in [4.78, 5) is 1.25. The third kappa shape index (κ3) is 3.29. The summed E-state index contributed by atoms with van der Waals surface area (Å²) >= 11 is 1.73. The van der Waals surface area contributed by atoms with E-state index < -0.39 is 0 Å². The SMILES string of the molecule is CSc1ccc(C(C)Nc2cccc(F)c2C)cc1. The first-order valence-electron chi connectivity index (χ1n) is 6.27. The Morgan fingerprint density at radius 2 is 1.79 bits per heavy atom. The lowest BCUT2D eigenvalue weighted by Crippen LogP contribution is -2.08. The number of hydrogen-bond donors (Lipinski definition) is 1. The fraction of sp³-hybridized carbons (Fsp3) is 0.250. The van der Waals surface area contributed by atoms with Crippen LogP contribution < -0.4 is 5.32 Å². The Bertz CT molecular complexity index is 551. The predicted molar refractivity (Wildman–Crippen MR) is 81.4 cm³/mol. The van der Waals surface area contributed by atoms with Crippen LogP contribution in [-0.4, -0.2) is 6.26 Å². The van der Waals surface area contributed by atoms with E-state index in [0.717, 1.165) is 5.69 Å². The molecule has 0 saturated carbocycles. The highest BCUT2D eigenvalue weighted by molar-refractivity contribution is 7.98. The lowest BCUT2D eigenvalue weighted by Gasteiger charge is -2.18. The lowest BCUT2D eigenvalue weighted by atomic mass is 10.1. The molecule has 2 aromatic rings. The molecule has 0 aliphatic carbocycles. The fourth-order valence-corrected chi connectivity index (χ4v) is 2.38. The van der Waals surface area contributed by atoms with Gasteiger partial charge in [-0.3, -0.25) is 0 Å². The van der Waals surface area contributed by atoms with Crippen LogP contribution in [0.2, 0.25) is 0 Å². The summed E-state index contributed by atoms with van der Waals surface area (Å²) in [6.07, 6.45) is 2.06. The largest absolute Gasteiger partial charge is 0.378 e. The van der Waals surface area contributed by atoms with Gasteiger partial charge in [-0.15, -0.1) is 11.8 Å². The third-order valence-electron chi connectivity index (χ3n) is 3.26. The van der Waals surface area contributed by atoms with Crippen LogP contribution in [-0.2, 0) is 0 Å². The molecular weight excluding hydrogens is 257 g/mol. The minimum absolute atomic E-state index is 0.149. The highest BCUT2D eigenvalue weighted by Crippen LogP contribution is 2.25. The molecule has 0 spiro atoms. The molecule has 0 aliphatic heterocycles. The molecule has 0 amide bonds. The van der Waals surface area contributed by atoms with Gasteiger partial charge in [0.25, 0.3) is 0 Å². The molecule has 0 radical (unpaired) electrons. The van der Waals surface area contributed by atoms with Crippen molar-refractivity contribution in [3.8, 4) is 0 Å². The average molecular weight is 275 g/mol. The molecule has 100 valence electrons. The van der Waals surface area contributed by atoms with Crippen molar-refractivity contribution in [2.75, 3.05) is 11.6 Å². The zero-order chi connectivity index (χ0) is 13.8. The Hall–Kier alpha value is -1.48. The number of rotatable bonds is 4. The molecule has 1 N–H and O–H groups in total. The first-order valence-corrected chi connectivity index (χ1v) is 7.50. The molecule has 19 heavy (non-hydrogen) atoms. The molecule has 1 unspecified atom stereocenters. The van der Waals surface area contributed by atoms with Crippen LogP contribution >= 0.6 is 11.8 Å². The van der Waals surface area contributed by atoms with Gasteiger partial charge >= 0.3 is 0 Å². The van der Waals surface area contributed by atoms with Gasteiger partial charge in [0.1, 0.15) is 5.82 Å². The molecule has 2 aromatic carbocycles. The van der Waals surface area contributed by atoms with Gasteiger partial charge in [-0.05, 0) is 49.9 Å². The Morgan fingerprint density at radius 3 is 2.42 bits per heavy atom. The standard InChI is InChI=1S/C16H18FNS/c1-11-15(17)5-4-6-16(11)18-12(2)13-7-9-14(19-3)10-8-13/h4-10,12,18H,1-3H3. The molecule has 0 aromatic heterocycles. The summed E-state index contributed by atoms with van der Waals surface area (Å²) in [5.41, 5.74) is 2.71. The van der Waals surface area contributed by atoms with Crippen molar-refractivity contribution in [1.29, 1.82) is 0 Å². The summed E-state index contributed by atoms with van der Waals surface area (Å²) < 4.78 is 13.5. The molecular formula is C16H18FNS. The molecule has 3 heteroatoms. The van der Waals surface area contributed by atoms with Crippen molar-refractivity contribution in [3.63, 3.8) is 0 Å². The van der Waals surface area contributed by atoms with Crippen LogP contribution in [0.3, 0.4) is 0 Å². The van der Waals surface area contributed by atoms with Crippen LogP contribution in [0.5, 0.6) is 0 Å². The normalized spacial score (nSPS) is 12.2. The van der Waals surface area contributed by atoms with Gasteiger partial charge in [0.15, 0.2) is 0 Å². The van der Waals surface area contributed by atoms with E-state index in [0.29, 0.717) is 5.56 Å². The molecule has 2 rings (SSSR count). The van der Waals surface area contributed by atoms with E-state index in [1.54, 1.807) is 24.8 Å². The lowest BCUT2D eigenvalue weighted by molar-refractivity contribution is 0.618. The van der Waals surface area contributed by atoms with Crippen LogP contribution in [0.4, 0.5) is 10.1 Å². The molecule has 1 atom stereocenters. The number of nitrogens with one attached hydrogen (secondary N) is 1. The number of hydrogen-bond acceptors (Lipinski definition) is 2. The maximum atomic E-state index is 13.5. The monoisotopic (exact) mass is 275 g/mol. The zero-order valence-corrected chi connectivity index (χ0v) is 12.2. The molecule has 0 aliphatic rings. The molecule has 0 saturated heterocycles. The smallest absolute Gasteiger partial charge is 0.128 e. The van der Waals surface area contributed by atoms with E-state index >= 15 is 0 Å². The summed E-state index contributed by atoms with van der Waals surface area (Å²) in [7, 11) is 0. The second-order valence-electron chi connectivity index (χ2n) is 4.55. The van der Waals surface area contributed by atoms with E-state index in [1.807, 2.05) is 6.07 Å². The molecule has 0 fully saturated rings. The first-order chi connectivity index (χ1) is 9.11. The van der Waals surface area contributed by atoms with E-state index in [2.05, 4.69) is 42.8 Å². The van der Waals surface area contributed by atoms with E-state index in [-0.39, 0.29) is 11.9 Å². The summed E-state index contributed by atoms with van der Waals surface area (Å²) in [5.74, 6) is -0.171. The first kappa shape index (κ1) is 13.9. The Labute approximate surface area is 118 Å². The van der Waals surface area contributed by atoms with Crippen molar-refractivity contribution in [2.45, 2.75) is 24.8 Å². The van der Waals surface area contributed by atoms with Gasteiger partial charge in [0, 0.05) is 22.2 Å². The van der Waals surface area contributed by atoms with Gasteiger partial charge in [-0.1, -0.05) is 18.2 Å². The maximum absolute atomic E-state index is 13.5. The van der Waals surface area contributed by atoms with Crippen molar-refractivity contribution >= 4 is 17.4 Å². The minimum atomic E-state index is -0.171. The topological polar surface area (TPSA) is 12.0 Å². The fourth-order valence-electron chi connectivity index (χ4n) is 1.97. The van der Waals surface area contributed by atoms with E-state index in [1.165, 1.54) is 16.5 Å². The summed E-state index contributed by atoms with van der Waals surface area (Å²) in [5, 5.41) is 3.36. The van der Waals surface area contributed by atoms with Crippen LogP contribution in [0.1, 0.15) is 24.1 Å². The number of anilines is 1. The Balaban J connectivity index is 2.15. The Morgan fingerprint density at radius 1 is 1.11 bits per heavy atom. The maximum Gasteiger partial charge on any atom is 0.128 e. The number of halogens is 1. The summed E-state index contributed by atoms with van der Waals surface area (Å²) in [6.45, 7) is 3.87. The van der Waals surface area contributed by atoms with Gasteiger partial charge < -0.3 is 5.32 Å². The Kier molecular flexibility index (Phi) is 4.48. The minimum Gasteiger partial charge on any atom is -0.378 e. The molecule has 0 bridgehead atoms. The van der Waals surface area contributed by atoms with Crippen LogP contribution in [0, 0.1) is 12.7 Å². The predicted octanol–water partition coefficient (Wildman–Crippen LogP) is 5.03. The molecule has 0 heterocycles. The highest BCUT2D eigenvalue weighted by atomic mass is 32.2. The summed E-state index contributed by atoms with van der Waals surface area (Å²) in [6, 6.07) is 13.7. The average Bonchev–Trinajstić information content (AvgIpc) is 2.44. The van der Waals surface area contributed by atoms with Crippen molar-refractivity contribution in [3.05, 3.63) is 59.4 Å². The second-order valence-corrected chi connectivity index (χ2v) is 5.43. The second kappa shape index (κ2) is 6.11. The van der Waals surface area contributed by atoms with Crippen molar-refractivity contribution in [1.82, 2.24) is 0 Å². The van der Waals surface area contributed by atoms with Gasteiger partial charge in [0.2, 0.25) is 0 Å².